The number of carbonyl (C=O) groups is 1. The van der Waals surface area contributed by atoms with Crippen LogP contribution in [-0.4, -0.2) is 31.7 Å². The van der Waals surface area contributed by atoms with E-state index in [1.165, 1.54) is 19.2 Å². The highest BCUT2D eigenvalue weighted by atomic mass is 19.1. The zero-order valence-corrected chi connectivity index (χ0v) is 16.0. The largest absolute Gasteiger partial charge is 0.465 e. The predicted octanol–water partition coefficient (Wildman–Crippen LogP) is 4.92. The highest BCUT2D eigenvalue weighted by Crippen LogP contribution is 2.32. The number of anilines is 1. The van der Waals surface area contributed by atoms with Crippen molar-refractivity contribution in [3.05, 3.63) is 59.9 Å². The van der Waals surface area contributed by atoms with Gasteiger partial charge in [0.1, 0.15) is 5.82 Å². The second kappa shape index (κ2) is 7.74. The standard InChI is InChI=1S/C22H23FN2O2/c1-14(2)13-25(3)20-12-17-11-16(22(26)27-4)7-10-19(17)24-21(20)15-5-8-18(23)9-6-15/h5-12,14H,13H2,1-4H3. The van der Waals surface area contributed by atoms with Gasteiger partial charge in [-0.15, -0.1) is 0 Å². The normalized spacial score (nSPS) is 11.0. The van der Waals surface area contributed by atoms with Crippen LogP contribution in [0.1, 0.15) is 24.2 Å². The summed E-state index contributed by atoms with van der Waals surface area (Å²) in [5.74, 6) is -0.191. The maximum Gasteiger partial charge on any atom is 0.337 e. The van der Waals surface area contributed by atoms with Gasteiger partial charge >= 0.3 is 5.97 Å². The fraction of sp³-hybridized carbons (Fsp3) is 0.273. The summed E-state index contributed by atoms with van der Waals surface area (Å²) in [5.41, 5.74) is 3.82. The molecule has 0 spiro atoms. The van der Waals surface area contributed by atoms with Crippen molar-refractivity contribution in [2.75, 3.05) is 25.6 Å². The lowest BCUT2D eigenvalue weighted by Gasteiger charge is -2.24. The van der Waals surface area contributed by atoms with Crippen molar-refractivity contribution in [1.29, 1.82) is 0 Å². The van der Waals surface area contributed by atoms with E-state index in [-0.39, 0.29) is 11.8 Å². The van der Waals surface area contributed by atoms with Crippen molar-refractivity contribution >= 4 is 22.6 Å². The van der Waals surface area contributed by atoms with Crippen LogP contribution in [-0.2, 0) is 4.74 Å². The molecule has 3 aromatic rings. The minimum absolute atomic E-state index is 0.278. The van der Waals surface area contributed by atoms with E-state index < -0.39 is 0 Å². The number of halogens is 1. The smallest absolute Gasteiger partial charge is 0.337 e. The number of pyridine rings is 1. The van der Waals surface area contributed by atoms with Crippen molar-refractivity contribution in [3.63, 3.8) is 0 Å². The summed E-state index contributed by atoms with van der Waals surface area (Å²) in [7, 11) is 3.38. The molecule has 0 saturated carbocycles. The molecule has 0 atom stereocenters. The molecule has 4 nitrogen and oxygen atoms in total. The fourth-order valence-corrected chi connectivity index (χ4v) is 3.17. The Hall–Kier alpha value is -2.95. The minimum atomic E-state index is -0.378. The number of nitrogens with zero attached hydrogens (tertiary/aromatic N) is 2. The van der Waals surface area contributed by atoms with Gasteiger partial charge in [0.25, 0.3) is 0 Å². The Labute approximate surface area is 158 Å². The molecule has 0 aliphatic carbocycles. The van der Waals surface area contributed by atoms with Gasteiger partial charge in [0.2, 0.25) is 0 Å². The van der Waals surface area contributed by atoms with Gasteiger partial charge in [0, 0.05) is 24.5 Å². The number of aromatic nitrogens is 1. The lowest BCUT2D eigenvalue weighted by Crippen LogP contribution is -2.23. The number of ether oxygens (including phenoxy) is 1. The summed E-state index contributed by atoms with van der Waals surface area (Å²) in [5, 5.41) is 0.856. The maximum atomic E-state index is 13.4. The van der Waals surface area contributed by atoms with Crippen molar-refractivity contribution in [3.8, 4) is 11.3 Å². The zero-order chi connectivity index (χ0) is 19.6. The summed E-state index contributed by atoms with van der Waals surface area (Å²) in [6.45, 7) is 5.15. The van der Waals surface area contributed by atoms with Gasteiger partial charge in [-0.25, -0.2) is 14.2 Å². The fourth-order valence-electron chi connectivity index (χ4n) is 3.17. The van der Waals surface area contributed by atoms with E-state index >= 15 is 0 Å². The number of rotatable bonds is 5. The number of hydrogen-bond donors (Lipinski definition) is 0. The van der Waals surface area contributed by atoms with E-state index in [1.807, 2.05) is 13.1 Å². The SMILES string of the molecule is COC(=O)c1ccc2nc(-c3ccc(F)cc3)c(N(C)CC(C)C)cc2c1. The number of methoxy groups -OCH3 is 1. The molecule has 2 aromatic carbocycles. The number of benzene rings is 2. The molecule has 0 aliphatic heterocycles. The van der Waals surface area contributed by atoms with E-state index in [2.05, 4.69) is 18.7 Å². The third-order valence-electron chi connectivity index (χ3n) is 4.38. The van der Waals surface area contributed by atoms with Crippen LogP contribution in [0, 0.1) is 11.7 Å². The van der Waals surface area contributed by atoms with Crippen LogP contribution in [0.3, 0.4) is 0 Å². The van der Waals surface area contributed by atoms with Crippen LogP contribution in [0.15, 0.2) is 48.5 Å². The quantitative estimate of drug-likeness (QED) is 0.601. The number of carbonyl (C=O) groups excluding carboxylic acids is 1. The van der Waals surface area contributed by atoms with Gasteiger partial charge in [-0.1, -0.05) is 13.8 Å². The molecular weight excluding hydrogens is 343 g/mol. The Balaban J connectivity index is 2.19. The summed E-state index contributed by atoms with van der Waals surface area (Å²) in [6, 6.07) is 13.7. The summed E-state index contributed by atoms with van der Waals surface area (Å²) >= 11 is 0. The molecule has 0 aliphatic rings. The molecule has 0 fully saturated rings. The average Bonchev–Trinajstić information content (AvgIpc) is 2.66. The second-order valence-electron chi connectivity index (χ2n) is 7.04. The molecule has 1 aromatic heterocycles. The molecule has 0 radical (unpaired) electrons. The predicted molar refractivity (Wildman–Crippen MR) is 107 cm³/mol. The molecule has 0 unspecified atom stereocenters. The van der Waals surface area contributed by atoms with Gasteiger partial charge in [-0.05, 0) is 54.4 Å². The first kappa shape index (κ1) is 18.8. The monoisotopic (exact) mass is 366 g/mol. The molecule has 3 rings (SSSR count). The molecule has 5 heteroatoms. The zero-order valence-electron chi connectivity index (χ0n) is 16.0. The molecule has 1 heterocycles. The lowest BCUT2D eigenvalue weighted by atomic mass is 10.0. The van der Waals surface area contributed by atoms with Gasteiger partial charge in [0.05, 0.1) is 29.6 Å². The first-order valence-corrected chi connectivity index (χ1v) is 8.89. The highest BCUT2D eigenvalue weighted by molar-refractivity contribution is 5.96. The number of esters is 1. The number of fused-ring (bicyclic) bond motifs is 1. The molecule has 140 valence electrons. The Morgan fingerprint density at radius 2 is 1.85 bits per heavy atom. The highest BCUT2D eigenvalue weighted by Gasteiger charge is 2.15. The van der Waals surface area contributed by atoms with Gasteiger partial charge in [-0.2, -0.15) is 0 Å². The van der Waals surface area contributed by atoms with E-state index in [4.69, 9.17) is 9.72 Å². The summed E-state index contributed by atoms with van der Waals surface area (Å²) in [4.78, 5) is 18.8. The first-order valence-electron chi connectivity index (χ1n) is 8.89. The summed E-state index contributed by atoms with van der Waals surface area (Å²) in [6.07, 6.45) is 0. The molecule has 0 bridgehead atoms. The van der Waals surface area contributed by atoms with Crippen molar-refractivity contribution < 1.29 is 13.9 Å². The van der Waals surface area contributed by atoms with E-state index in [9.17, 15) is 9.18 Å². The van der Waals surface area contributed by atoms with E-state index in [0.717, 1.165) is 34.4 Å². The number of hydrogen-bond acceptors (Lipinski definition) is 4. The van der Waals surface area contributed by atoms with Crippen molar-refractivity contribution in [1.82, 2.24) is 4.98 Å². The average molecular weight is 366 g/mol. The third-order valence-corrected chi connectivity index (χ3v) is 4.38. The van der Waals surface area contributed by atoms with Crippen LogP contribution in [0.2, 0.25) is 0 Å². The Morgan fingerprint density at radius 1 is 1.15 bits per heavy atom. The van der Waals surface area contributed by atoms with Crippen molar-refractivity contribution in [2.45, 2.75) is 13.8 Å². The Kier molecular flexibility index (Phi) is 5.40. The first-order chi connectivity index (χ1) is 12.9. The van der Waals surface area contributed by atoms with E-state index in [0.29, 0.717) is 11.5 Å². The molecule has 0 amide bonds. The Bertz CT molecular complexity index is 968. The van der Waals surface area contributed by atoms with Gasteiger partial charge < -0.3 is 9.64 Å². The van der Waals surface area contributed by atoms with Crippen LogP contribution in [0.5, 0.6) is 0 Å². The summed E-state index contributed by atoms with van der Waals surface area (Å²) < 4.78 is 18.2. The van der Waals surface area contributed by atoms with Gasteiger partial charge in [0.15, 0.2) is 0 Å². The van der Waals surface area contributed by atoms with E-state index in [1.54, 1.807) is 30.3 Å². The molecule has 0 saturated heterocycles. The lowest BCUT2D eigenvalue weighted by molar-refractivity contribution is 0.0601. The maximum absolute atomic E-state index is 13.4. The van der Waals surface area contributed by atoms with Gasteiger partial charge in [-0.3, -0.25) is 0 Å². The minimum Gasteiger partial charge on any atom is -0.465 e. The van der Waals surface area contributed by atoms with Crippen LogP contribution >= 0.6 is 0 Å². The molecule has 0 N–H and O–H groups in total. The van der Waals surface area contributed by atoms with Crippen LogP contribution in [0.25, 0.3) is 22.2 Å². The van der Waals surface area contributed by atoms with Crippen LogP contribution in [0.4, 0.5) is 10.1 Å². The van der Waals surface area contributed by atoms with Crippen LogP contribution < -0.4 is 4.90 Å². The molecule has 27 heavy (non-hydrogen) atoms. The topological polar surface area (TPSA) is 42.4 Å². The second-order valence-corrected chi connectivity index (χ2v) is 7.04. The molecular formula is C22H23FN2O2. The third kappa shape index (κ3) is 4.08. The van der Waals surface area contributed by atoms with Crippen molar-refractivity contribution in [2.24, 2.45) is 5.92 Å². The Morgan fingerprint density at radius 3 is 2.48 bits per heavy atom.